The molecule has 0 amide bonds. The first kappa shape index (κ1) is 7.34. The highest BCUT2D eigenvalue weighted by Crippen LogP contribution is 2.13. The second-order valence-electron chi connectivity index (χ2n) is 1.72. The second kappa shape index (κ2) is 3.41. The van der Waals surface area contributed by atoms with Crippen LogP contribution in [0.5, 0.6) is 0 Å². The predicted molar refractivity (Wildman–Crippen MR) is 36.7 cm³/mol. The van der Waals surface area contributed by atoms with Gasteiger partial charge in [0.15, 0.2) is 0 Å². The highest BCUT2D eigenvalue weighted by Gasteiger charge is 1.98. The Hall–Kier alpha value is -0.770. The average Bonchev–Trinajstić information content (AvgIpc) is 2.37. The normalized spacial score (nSPS) is 9.70. The van der Waals surface area contributed by atoms with E-state index in [0.717, 1.165) is 11.2 Å². The third kappa shape index (κ3) is 1.60. The second-order valence-corrected chi connectivity index (χ2v) is 2.92. The lowest BCUT2D eigenvalue weighted by Crippen LogP contribution is -1.76. The number of alkyl halides is 1. The summed E-state index contributed by atoms with van der Waals surface area (Å²) in [6, 6.07) is 0. The summed E-state index contributed by atoms with van der Waals surface area (Å²) in [5.41, 5.74) is 0. The number of aromatic nitrogens is 1. The molecule has 0 saturated heterocycles. The van der Waals surface area contributed by atoms with E-state index in [2.05, 4.69) is 4.98 Å². The highest BCUT2D eigenvalue weighted by molar-refractivity contribution is 7.11. The van der Waals surface area contributed by atoms with Crippen molar-refractivity contribution in [3.63, 3.8) is 0 Å². The minimum absolute atomic E-state index is 0.345. The van der Waals surface area contributed by atoms with Crippen LogP contribution in [0.2, 0.25) is 0 Å². The van der Waals surface area contributed by atoms with Gasteiger partial charge in [-0.1, -0.05) is 0 Å². The molecule has 0 spiro atoms. The molecule has 54 valence electrons. The zero-order valence-corrected chi connectivity index (χ0v) is 6.03. The highest BCUT2D eigenvalue weighted by atomic mass is 32.1. The number of nitrogens with zero attached hydrogens (tertiary/aromatic N) is 1. The smallest absolute Gasteiger partial charge is 0.141 e. The molecule has 2 nitrogen and oxygen atoms in total. The Morgan fingerprint density at radius 3 is 3.10 bits per heavy atom. The molecule has 1 aromatic rings. The summed E-state index contributed by atoms with van der Waals surface area (Å²) in [6.45, 7) is -0.538. The molecular formula is C6H6FNOS. The van der Waals surface area contributed by atoms with E-state index in [1.165, 1.54) is 17.5 Å². The number of hydrogen-bond acceptors (Lipinski definition) is 3. The molecule has 0 aromatic carbocycles. The number of thiazole rings is 1. The summed E-state index contributed by atoms with van der Waals surface area (Å²) in [5, 5.41) is 0.442. The quantitative estimate of drug-likeness (QED) is 0.623. The Morgan fingerprint density at radius 2 is 2.60 bits per heavy atom. The molecule has 1 rings (SSSR count). The number of aldehydes is 1. The van der Waals surface area contributed by atoms with E-state index >= 15 is 0 Å². The molecule has 1 aromatic heterocycles. The number of rotatable bonds is 3. The molecule has 10 heavy (non-hydrogen) atoms. The molecular weight excluding hydrogens is 153 g/mol. The minimum atomic E-state index is -0.538. The molecule has 0 saturated carbocycles. The summed E-state index contributed by atoms with van der Waals surface area (Å²) in [4.78, 5) is 14.5. The minimum Gasteiger partial charge on any atom is -0.303 e. The molecule has 0 N–H and O–H groups in total. The molecule has 1 heterocycles. The van der Waals surface area contributed by atoms with Gasteiger partial charge >= 0.3 is 0 Å². The van der Waals surface area contributed by atoms with Crippen molar-refractivity contribution in [1.82, 2.24) is 4.98 Å². The van der Waals surface area contributed by atoms with E-state index in [-0.39, 0.29) is 0 Å². The van der Waals surface area contributed by atoms with Crippen LogP contribution in [0.1, 0.15) is 9.88 Å². The average molecular weight is 159 g/mol. The van der Waals surface area contributed by atoms with E-state index in [1.807, 2.05) is 0 Å². The monoisotopic (exact) mass is 159 g/mol. The van der Waals surface area contributed by atoms with Crippen molar-refractivity contribution in [1.29, 1.82) is 0 Å². The van der Waals surface area contributed by atoms with Crippen molar-refractivity contribution >= 4 is 17.6 Å². The maximum atomic E-state index is 11.8. The van der Waals surface area contributed by atoms with Gasteiger partial charge in [-0.3, -0.25) is 0 Å². The van der Waals surface area contributed by atoms with E-state index in [1.54, 1.807) is 0 Å². The molecule has 0 aliphatic carbocycles. The van der Waals surface area contributed by atoms with Crippen LogP contribution in [0.4, 0.5) is 4.39 Å². The lowest BCUT2D eigenvalue weighted by atomic mass is 10.4. The third-order valence-corrected chi connectivity index (χ3v) is 1.98. The Labute approximate surface area is 61.7 Å². The van der Waals surface area contributed by atoms with Gasteiger partial charge < -0.3 is 4.79 Å². The van der Waals surface area contributed by atoms with Crippen LogP contribution < -0.4 is 0 Å². The fourth-order valence-electron chi connectivity index (χ4n) is 0.586. The molecule has 0 radical (unpaired) electrons. The molecule has 0 bridgehead atoms. The zero-order chi connectivity index (χ0) is 7.40. The van der Waals surface area contributed by atoms with Gasteiger partial charge in [0.25, 0.3) is 0 Å². The Balaban J connectivity index is 2.67. The third-order valence-electron chi connectivity index (χ3n) is 1.00. The summed E-state index contributed by atoms with van der Waals surface area (Å²) in [7, 11) is 0. The van der Waals surface area contributed by atoms with Crippen LogP contribution in [0.15, 0.2) is 6.20 Å². The summed E-state index contributed by atoms with van der Waals surface area (Å²) in [5.74, 6) is 0. The predicted octanol–water partition coefficient (Wildman–Crippen LogP) is 1.35. The lowest BCUT2D eigenvalue weighted by molar-refractivity contribution is -0.107. The van der Waals surface area contributed by atoms with Crippen molar-refractivity contribution in [2.75, 3.05) is 0 Å². The topological polar surface area (TPSA) is 30.0 Å². The van der Waals surface area contributed by atoms with Gasteiger partial charge in [0.1, 0.15) is 18.0 Å². The van der Waals surface area contributed by atoms with Crippen LogP contribution in [0, 0.1) is 0 Å². The van der Waals surface area contributed by atoms with Gasteiger partial charge in [-0.2, -0.15) is 0 Å². The van der Waals surface area contributed by atoms with Gasteiger partial charge in [0.2, 0.25) is 0 Å². The Morgan fingerprint density at radius 1 is 1.80 bits per heavy atom. The van der Waals surface area contributed by atoms with Crippen LogP contribution in [0.25, 0.3) is 0 Å². The van der Waals surface area contributed by atoms with E-state index < -0.39 is 6.67 Å². The van der Waals surface area contributed by atoms with Gasteiger partial charge in [-0.25, -0.2) is 9.37 Å². The van der Waals surface area contributed by atoms with Gasteiger partial charge in [0, 0.05) is 17.5 Å². The van der Waals surface area contributed by atoms with Crippen LogP contribution in [-0.4, -0.2) is 11.3 Å². The first-order valence-corrected chi connectivity index (χ1v) is 3.61. The van der Waals surface area contributed by atoms with Crippen LogP contribution in [0.3, 0.4) is 0 Å². The molecule has 0 aliphatic heterocycles. The SMILES string of the molecule is O=CCc1cnc(CF)s1. The van der Waals surface area contributed by atoms with Gasteiger partial charge in [0.05, 0.1) is 0 Å². The number of hydrogen-bond donors (Lipinski definition) is 0. The van der Waals surface area contributed by atoms with Crippen molar-refractivity contribution in [2.45, 2.75) is 13.1 Å². The summed E-state index contributed by atoms with van der Waals surface area (Å²) < 4.78 is 11.8. The lowest BCUT2D eigenvalue weighted by Gasteiger charge is -1.79. The Bertz CT molecular complexity index is 223. The fourth-order valence-corrected chi connectivity index (χ4v) is 1.31. The number of carbonyl (C=O) groups excluding carboxylic acids is 1. The Kier molecular flexibility index (Phi) is 2.50. The number of halogens is 1. The molecule has 0 unspecified atom stereocenters. The van der Waals surface area contributed by atoms with Gasteiger partial charge in [-0.05, 0) is 0 Å². The maximum absolute atomic E-state index is 11.8. The van der Waals surface area contributed by atoms with E-state index in [4.69, 9.17) is 0 Å². The zero-order valence-electron chi connectivity index (χ0n) is 5.21. The number of carbonyl (C=O) groups is 1. The standard InChI is InChI=1S/C6H6FNOS/c7-3-6-8-4-5(10-6)1-2-9/h2,4H,1,3H2. The molecule has 0 atom stereocenters. The van der Waals surface area contributed by atoms with Crippen molar-refractivity contribution in [3.8, 4) is 0 Å². The summed E-state index contributed by atoms with van der Waals surface area (Å²) in [6.07, 6.45) is 2.67. The summed E-state index contributed by atoms with van der Waals surface area (Å²) >= 11 is 1.24. The maximum Gasteiger partial charge on any atom is 0.141 e. The van der Waals surface area contributed by atoms with Crippen LogP contribution >= 0.6 is 11.3 Å². The molecule has 4 heteroatoms. The van der Waals surface area contributed by atoms with Crippen molar-refractivity contribution < 1.29 is 9.18 Å². The van der Waals surface area contributed by atoms with E-state index in [9.17, 15) is 9.18 Å². The van der Waals surface area contributed by atoms with Crippen molar-refractivity contribution in [2.24, 2.45) is 0 Å². The fraction of sp³-hybridized carbons (Fsp3) is 0.333. The first-order chi connectivity index (χ1) is 4.86. The largest absolute Gasteiger partial charge is 0.303 e. The molecule has 0 fully saturated rings. The first-order valence-electron chi connectivity index (χ1n) is 2.80. The van der Waals surface area contributed by atoms with Crippen LogP contribution in [-0.2, 0) is 17.9 Å². The van der Waals surface area contributed by atoms with Crippen molar-refractivity contribution in [3.05, 3.63) is 16.1 Å². The van der Waals surface area contributed by atoms with E-state index in [0.29, 0.717) is 11.4 Å². The van der Waals surface area contributed by atoms with Gasteiger partial charge in [-0.15, -0.1) is 11.3 Å². The molecule has 0 aliphatic rings.